The number of benzene rings is 3. The fourth-order valence-electron chi connectivity index (χ4n) is 6.03. The lowest BCUT2D eigenvalue weighted by Crippen LogP contribution is -2.39. The first kappa shape index (κ1) is 25.8. The highest BCUT2D eigenvalue weighted by atomic mass is 16.5. The number of rotatable bonds is 8. The van der Waals surface area contributed by atoms with Crippen LogP contribution in [0.4, 0.5) is 0 Å². The van der Waals surface area contributed by atoms with Crippen LogP contribution in [-0.4, -0.2) is 29.8 Å². The molecule has 0 spiro atoms. The van der Waals surface area contributed by atoms with Gasteiger partial charge in [-0.25, -0.2) is 0 Å². The van der Waals surface area contributed by atoms with E-state index >= 15 is 0 Å². The van der Waals surface area contributed by atoms with Crippen molar-refractivity contribution < 1.29 is 23.8 Å². The largest absolute Gasteiger partial charge is 0.493 e. The quantitative estimate of drug-likeness (QED) is 0.236. The molecular weight excluding hydrogens is 502 g/mol. The van der Waals surface area contributed by atoms with Crippen LogP contribution >= 0.6 is 0 Å². The molecule has 0 aliphatic heterocycles. The Balaban J connectivity index is 1.46. The van der Waals surface area contributed by atoms with Crippen molar-refractivity contribution in [3.63, 3.8) is 0 Å². The van der Waals surface area contributed by atoms with E-state index in [2.05, 4.69) is 4.98 Å². The molecule has 202 valence electrons. The average Bonchev–Trinajstić information content (AvgIpc) is 3.58. The van der Waals surface area contributed by atoms with Gasteiger partial charge in [0.05, 0.1) is 13.2 Å². The molecule has 1 heterocycles. The molecule has 2 aliphatic rings. The summed E-state index contributed by atoms with van der Waals surface area (Å²) in [6, 6.07) is 22.2. The smallest absolute Gasteiger partial charge is 0.186 e. The van der Waals surface area contributed by atoms with Crippen LogP contribution in [0.15, 0.2) is 85.2 Å². The van der Waals surface area contributed by atoms with E-state index in [9.17, 15) is 9.59 Å². The van der Waals surface area contributed by atoms with E-state index in [1.807, 2.05) is 43.3 Å². The molecule has 6 nitrogen and oxygen atoms in total. The van der Waals surface area contributed by atoms with E-state index in [1.165, 1.54) is 0 Å². The predicted molar refractivity (Wildman–Crippen MR) is 152 cm³/mol. The lowest BCUT2D eigenvalue weighted by molar-refractivity contribution is 0.0828. The van der Waals surface area contributed by atoms with Gasteiger partial charge in [-0.2, -0.15) is 0 Å². The first-order valence-electron chi connectivity index (χ1n) is 13.7. The summed E-state index contributed by atoms with van der Waals surface area (Å²) in [7, 11) is 1.59. The zero-order chi connectivity index (χ0) is 27.7. The van der Waals surface area contributed by atoms with E-state index in [0.717, 1.165) is 31.2 Å². The summed E-state index contributed by atoms with van der Waals surface area (Å²) in [5, 5.41) is 0. The molecule has 2 aliphatic carbocycles. The van der Waals surface area contributed by atoms with Crippen molar-refractivity contribution in [1.82, 2.24) is 4.98 Å². The van der Waals surface area contributed by atoms with Crippen LogP contribution in [0.3, 0.4) is 0 Å². The number of nitrogens with zero attached hydrogens (tertiary/aromatic N) is 1. The minimum Gasteiger partial charge on any atom is -0.493 e. The number of carbonyl (C=O) groups is 2. The number of hydrogen-bond donors (Lipinski definition) is 0. The zero-order valence-electron chi connectivity index (χ0n) is 22.7. The number of hydrogen-bond acceptors (Lipinski definition) is 6. The highest BCUT2D eigenvalue weighted by Crippen LogP contribution is 2.48. The number of aryl methyl sites for hydroxylation is 1. The highest BCUT2D eigenvalue weighted by molar-refractivity contribution is 6.35. The van der Waals surface area contributed by atoms with Crippen LogP contribution in [-0.2, 0) is 12.0 Å². The summed E-state index contributed by atoms with van der Waals surface area (Å²) in [5.74, 6) is 1.11. The van der Waals surface area contributed by atoms with Gasteiger partial charge in [-0.15, -0.1) is 0 Å². The molecule has 0 N–H and O–H groups in total. The van der Waals surface area contributed by atoms with E-state index in [4.69, 9.17) is 14.2 Å². The Kier molecular flexibility index (Phi) is 6.84. The molecule has 0 bridgehead atoms. The molecule has 3 aromatic carbocycles. The fourth-order valence-corrected chi connectivity index (χ4v) is 6.03. The molecule has 4 aromatic rings. The number of carbonyl (C=O) groups excluding carboxylic acids is 2. The lowest BCUT2D eigenvalue weighted by Gasteiger charge is -2.28. The molecule has 40 heavy (non-hydrogen) atoms. The molecule has 1 unspecified atom stereocenters. The van der Waals surface area contributed by atoms with E-state index in [1.54, 1.807) is 55.9 Å². The Morgan fingerprint density at radius 2 is 1.60 bits per heavy atom. The van der Waals surface area contributed by atoms with Gasteiger partial charge in [0.25, 0.3) is 0 Å². The monoisotopic (exact) mass is 533 g/mol. The van der Waals surface area contributed by atoms with Gasteiger partial charge < -0.3 is 14.2 Å². The number of fused-ring (bicyclic) bond motifs is 1. The molecule has 1 atom stereocenters. The summed E-state index contributed by atoms with van der Waals surface area (Å²) in [6.07, 6.45) is 7.48. The topological polar surface area (TPSA) is 74.7 Å². The zero-order valence-corrected chi connectivity index (χ0v) is 22.7. The maximum Gasteiger partial charge on any atom is 0.186 e. The van der Waals surface area contributed by atoms with Gasteiger partial charge in [0.1, 0.15) is 17.8 Å². The Morgan fingerprint density at radius 3 is 2.33 bits per heavy atom. The molecule has 1 fully saturated rings. The summed E-state index contributed by atoms with van der Waals surface area (Å²) in [5.41, 5.74) is 2.03. The van der Waals surface area contributed by atoms with Crippen molar-refractivity contribution in [2.24, 2.45) is 0 Å². The number of aromatic nitrogens is 1. The standard InChI is InChI=1S/C34H31NO5/c1-22-18-27(39-21-23-8-4-3-5-9-23)20-28-31(22)33(37)34(32(28)36,24-14-16-35-17-15-24)25-12-13-29(38-2)30(19-25)40-26-10-6-7-11-26/h3-5,8-9,12-20,26H,6-7,10-11,21H2,1-2H3. The van der Waals surface area contributed by atoms with Crippen molar-refractivity contribution in [2.45, 2.75) is 50.7 Å². The summed E-state index contributed by atoms with van der Waals surface area (Å²) >= 11 is 0. The van der Waals surface area contributed by atoms with Crippen LogP contribution in [0.5, 0.6) is 17.2 Å². The number of Topliss-reactive ketones (excluding diaryl/α,β-unsaturated/α-hetero) is 2. The third kappa shape index (κ3) is 4.34. The van der Waals surface area contributed by atoms with Crippen LogP contribution in [0, 0.1) is 6.92 Å². The van der Waals surface area contributed by atoms with Crippen molar-refractivity contribution in [3.05, 3.63) is 119 Å². The summed E-state index contributed by atoms with van der Waals surface area (Å²) in [6.45, 7) is 2.21. The highest BCUT2D eigenvalue weighted by Gasteiger charge is 2.56. The Morgan fingerprint density at radius 1 is 0.850 bits per heavy atom. The van der Waals surface area contributed by atoms with Crippen molar-refractivity contribution >= 4 is 11.6 Å². The maximum absolute atomic E-state index is 14.6. The van der Waals surface area contributed by atoms with Gasteiger partial charge in [0.15, 0.2) is 23.1 Å². The van der Waals surface area contributed by atoms with E-state index in [0.29, 0.717) is 51.7 Å². The average molecular weight is 534 g/mol. The lowest BCUT2D eigenvalue weighted by atomic mass is 9.70. The van der Waals surface area contributed by atoms with E-state index < -0.39 is 5.41 Å². The Bertz CT molecular complexity index is 1560. The third-order valence-corrected chi connectivity index (χ3v) is 8.02. The molecule has 6 rings (SSSR count). The molecule has 1 aromatic heterocycles. The van der Waals surface area contributed by atoms with Crippen LogP contribution in [0.2, 0.25) is 0 Å². The number of methoxy groups -OCH3 is 1. The fraction of sp³-hybridized carbons (Fsp3) is 0.265. The van der Waals surface area contributed by atoms with Crippen molar-refractivity contribution in [3.8, 4) is 17.2 Å². The Labute approximate surface area is 233 Å². The van der Waals surface area contributed by atoms with Gasteiger partial charge in [0.2, 0.25) is 0 Å². The molecule has 0 saturated heterocycles. The van der Waals surface area contributed by atoms with Crippen LogP contribution in [0.1, 0.15) is 68.7 Å². The minimum absolute atomic E-state index is 0.0831. The van der Waals surface area contributed by atoms with Crippen LogP contribution in [0.25, 0.3) is 0 Å². The second-order valence-electron chi connectivity index (χ2n) is 10.5. The number of ether oxygens (including phenoxy) is 3. The molecule has 6 heteroatoms. The molecule has 0 amide bonds. The minimum atomic E-state index is -1.58. The molecule has 0 radical (unpaired) electrons. The van der Waals surface area contributed by atoms with Crippen molar-refractivity contribution in [2.75, 3.05) is 7.11 Å². The van der Waals surface area contributed by atoms with E-state index in [-0.39, 0.29) is 17.7 Å². The maximum atomic E-state index is 14.6. The van der Waals surface area contributed by atoms with Gasteiger partial charge in [-0.05, 0) is 91.3 Å². The van der Waals surface area contributed by atoms with Crippen molar-refractivity contribution in [1.29, 1.82) is 0 Å². The van der Waals surface area contributed by atoms with Gasteiger partial charge in [-0.3, -0.25) is 14.6 Å². The first-order chi connectivity index (χ1) is 19.5. The second-order valence-corrected chi connectivity index (χ2v) is 10.5. The molecular formula is C34H31NO5. The third-order valence-electron chi connectivity index (χ3n) is 8.02. The predicted octanol–water partition coefficient (Wildman–Crippen LogP) is 6.66. The van der Waals surface area contributed by atoms with Crippen LogP contribution < -0.4 is 14.2 Å². The second kappa shape index (κ2) is 10.6. The van der Waals surface area contributed by atoms with Gasteiger partial charge >= 0.3 is 0 Å². The number of pyridine rings is 1. The van der Waals surface area contributed by atoms with Gasteiger partial charge in [0, 0.05) is 23.5 Å². The molecule has 1 saturated carbocycles. The summed E-state index contributed by atoms with van der Waals surface area (Å²) in [4.78, 5) is 33.2. The number of ketones is 2. The van der Waals surface area contributed by atoms with Gasteiger partial charge in [-0.1, -0.05) is 36.4 Å². The normalized spacial score (nSPS) is 18.6. The summed E-state index contributed by atoms with van der Waals surface area (Å²) < 4.78 is 18.0. The Hall–Kier alpha value is -4.45. The first-order valence-corrected chi connectivity index (χ1v) is 13.7. The SMILES string of the molecule is COc1ccc(C2(c3ccncc3)C(=O)c3cc(OCc4ccccc4)cc(C)c3C2=O)cc1OC1CCCC1.